The average Bonchev–Trinajstić information content (AvgIpc) is 3.49. The number of nitrogens with zero attached hydrogens (tertiary/aromatic N) is 7. The first-order valence-corrected chi connectivity index (χ1v) is 21.4. The molecule has 3 saturated heterocycles. The number of nitrogens with one attached hydrogen (secondary N) is 2. The second kappa shape index (κ2) is 15.0. The first-order chi connectivity index (χ1) is 28.8. The van der Waals surface area contributed by atoms with Gasteiger partial charge < -0.3 is 19.9 Å². The lowest BCUT2D eigenvalue weighted by atomic mass is 9.45. The van der Waals surface area contributed by atoms with E-state index in [9.17, 15) is 24.4 Å². The van der Waals surface area contributed by atoms with Gasteiger partial charge in [-0.15, -0.1) is 0 Å². The van der Waals surface area contributed by atoms with Crippen LogP contribution >= 0.6 is 0 Å². The molecule has 14 nitrogen and oxygen atoms in total. The largest absolute Gasteiger partial charge is 0.488 e. The molecule has 1 aliphatic carbocycles. The number of rotatable bonds is 9. The Hall–Kier alpha value is -5.81. The third-order valence-corrected chi connectivity index (χ3v) is 14.1. The van der Waals surface area contributed by atoms with Gasteiger partial charge in [0, 0.05) is 92.9 Å². The van der Waals surface area contributed by atoms with Crippen LogP contribution < -0.4 is 20.3 Å². The number of carbonyl (C=O) groups excluding carboxylic acids is 4. The van der Waals surface area contributed by atoms with Crippen molar-refractivity contribution in [2.45, 2.75) is 96.4 Å². The topological polar surface area (TPSA) is 164 Å². The highest BCUT2D eigenvalue weighted by atomic mass is 16.5. The van der Waals surface area contributed by atoms with Gasteiger partial charge in [-0.25, -0.2) is 4.99 Å². The number of fused-ring (bicyclic) bond motifs is 3. The fraction of sp³-hybridized carbons (Fsp3) is 0.500. The van der Waals surface area contributed by atoms with Crippen LogP contribution in [0.2, 0.25) is 0 Å². The number of pyridine rings is 1. The maximum Gasteiger partial charge on any atom is 0.262 e. The Bertz CT molecular complexity index is 2400. The monoisotopic (exact) mass is 811 g/mol. The van der Waals surface area contributed by atoms with Gasteiger partial charge in [0.25, 0.3) is 11.8 Å². The number of benzene rings is 2. The van der Waals surface area contributed by atoms with E-state index in [1.807, 2.05) is 24.5 Å². The number of aromatic nitrogens is 1. The number of ether oxygens (including phenoxy) is 1. The summed E-state index contributed by atoms with van der Waals surface area (Å²) in [5.74, 6) is 0.329. The van der Waals surface area contributed by atoms with Crippen molar-refractivity contribution in [2.75, 3.05) is 44.2 Å². The number of hydrogen-bond donors (Lipinski definition) is 2. The molecule has 4 amide bonds. The molecule has 3 aromatic rings. The van der Waals surface area contributed by atoms with E-state index in [-0.39, 0.29) is 47.8 Å². The highest BCUT2D eigenvalue weighted by molar-refractivity contribution is 6.23. The van der Waals surface area contributed by atoms with Gasteiger partial charge in [-0.1, -0.05) is 20.8 Å². The normalized spacial score (nSPS) is 28.0. The molecule has 6 heterocycles. The number of hydrogen-bond acceptors (Lipinski definition) is 12. The number of likely N-dealkylation sites (tertiary alicyclic amines) is 1. The lowest BCUT2D eigenvalue weighted by Crippen LogP contribution is -2.77. The molecular weight excluding hydrogens is 759 g/mol. The fourth-order valence-electron chi connectivity index (χ4n) is 11.1. The summed E-state index contributed by atoms with van der Waals surface area (Å²) in [6.07, 6.45) is 9.05. The first kappa shape index (κ1) is 39.6. The van der Waals surface area contributed by atoms with E-state index in [2.05, 4.69) is 83.3 Å². The molecule has 1 saturated carbocycles. The molecule has 0 spiro atoms. The van der Waals surface area contributed by atoms with Crippen molar-refractivity contribution >= 4 is 46.4 Å². The Morgan fingerprint density at radius 1 is 1.03 bits per heavy atom. The number of amides is 4. The summed E-state index contributed by atoms with van der Waals surface area (Å²) in [5, 5.41) is 16.8. The highest BCUT2D eigenvalue weighted by Crippen LogP contribution is 2.61. The minimum atomic E-state index is -0.977. The van der Waals surface area contributed by atoms with Gasteiger partial charge in [0.05, 0.1) is 27.6 Å². The van der Waals surface area contributed by atoms with Crippen LogP contribution in [-0.4, -0.2) is 113 Å². The van der Waals surface area contributed by atoms with Gasteiger partial charge >= 0.3 is 0 Å². The predicted octanol–water partition coefficient (Wildman–Crippen LogP) is 4.73. The summed E-state index contributed by atoms with van der Waals surface area (Å²) in [6.45, 7) is 16.4. The van der Waals surface area contributed by atoms with Crippen LogP contribution in [0, 0.1) is 22.7 Å². The number of piperidine rings is 2. The molecule has 0 radical (unpaired) electrons. The first-order valence-electron chi connectivity index (χ1n) is 21.4. The Morgan fingerprint density at radius 2 is 1.82 bits per heavy atom. The zero-order valence-electron chi connectivity index (χ0n) is 35.0. The van der Waals surface area contributed by atoms with E-state index in [4.69, 9.17) is 9.73 Å². The van der Waals surface area contributed by atoms with Crippen LogP contribution in [0.15, 0.2) is 59.6 Å². The van der Waals surface area contributed by atoms with Crippen molar-refractivity contribution in [1.29, 1.82) is 5.26 Å². The van der Waals surface area contributed by atoms with Crippen LogP contribution in [0.4, 0.5) is 5.69 Å². The Balaban J connectivity index is 0.826. The standard InChI is InChI=1S/C46H53N9O5/c1-6-16-48-36(24-50-43-45(3,4)44-46(43,5)33-13-17-49-39-29(23-47)7-11-35(60-44)38(33)39)52-18-14-28(15-19-52)26-53-20-21-54(25-27(53)2)30-8-9-31-32(22-30)42(59)55(41(31)58)34-10-12-37(56)51-40(34)57/h7-9,11,13,16-17,22,24,27-28,34,43-44,50H,6,10,12,14-15,18-21,25-26H2,1-5H3,(H,51,56,57)/b36-24+,48-16-/t27-,34?,43?,44-,46?/m0/s1. The van der Waals surface area contributed by atoms with Crippen LogP contribution in [0.1, 0.15) is 98.6 Å². The van der Waals surface area contributed by atoms with Gasteiger partial charge in [0.15, 0.2) is 0 Å². The predicted molar refractivity (Wildman–Crippen MR) is 226 cm³/mol. The van der Waals surface area contributed by atoms with E-state index < -0.39 is 23.8 Å². The highest BCUT2D eigenvalue weighted by Gasteiger charge is 2.68. The Kier molecular flexibility index (Phi) is 9.93. The second-order valence-electron chi connectivity index (χ2n) is 18.1. The lowest BCUT2D eigenvalue weighted by molar-refractivity contribution is -0.136. The summed E-state index contributed by atoms with van der Waals surface area (Å²) in [5.41, 5.74) is 3.37. The van der Waals surface area contributed by atoms with Crippen molar-refractivity contribution in [1.82, 2.24) is 30.3 Å². The number of piperazine rings is 1. The summed E-state index contributed by atoms with van der Waals surface area (Å²) in [6, 6.07) is 12.9. The molecule has 9 rings (SSSR count). The average molecular weight is 812 g/mol. The molecule has 1 aromatic heterocycles. The lowest BCUT2D eigenvalue weighted by Gasteiger charge is -2.66. The number of imide groups is 2. The molecule has 6 aliphatic rings. The molecular formula is C46H53N9O5. The number of anilines is 1. The van der Waals surface area contributed by atoms with E-state index in [0.29, 0.717) is 28.1 Å². The van der Waals surface area contributed by atoms with Crippen LogP contribution in [0.5, 0.6) is 5.75 Å². The minimum Gasteiger partial charge on any atom is -0.488 e. The zero-order chi connectivity index (χ0) is 42.1. The molecule has 0 bridgehead atoms. The molecule has 14 heteroatoms. The zero-order valence-corrected chi connectivity index (χ0v) is 35.0. The van der Waals surface area contributed by atoms with Crippen molar-refractivity contribution in [3.8, 4) is 11.8 Å². The van der Waals surface area contributed by atoms with Crippen LogP contribution in [0.3, 0.4) is 0 Å². The summed E-state index contributed by atoms with van der Waals surface area (Å²) in [4.78, 5) is 68.7. The van der Waals surface area contributed by atoms with Crippen molar-refractivity contribution < 1.29 is 23.9 Å². The van der Waals surface area contributed by atoms with Crippen LogP contribution in [0.25, 0.3) is 10.9 Å². The quantitative estimate of drug-likeness (QED) is 0.227. The number of aliphatic imine (C=N–C) groups is 1. The van der Waals surface area contributed by atoms with Crippen molar-refractivity contribution in [3.05, 3.63) is 76.9 Å². The Labute approximate surface area is 350 Å². The van der Waals surface area contributed by atoms with Crippen molar-refractivity contribution in [3.63, 3.8) is 0 Å². The third kappa shape index (κ3) is 6.31. The third-order valence-electron chi connectivity index (χ3n) is 14.1. The smallest absolute Gasteiger partial charge is 0.262 e. The summed E-state index contributed by atoms with van der Waals surface area (Å²) in [7, 11) is 0. The summed E-state index contributed by atoms with van der Waals surface area (Å²) >= 11 is 0. The maximum atomic E-state index is 13.5. The number of nitriles is 1. The van der Waals surface area contributed by atoms with E-state index in [1.165, 1.54) is 0 Å². The minimum absolute atomic E-state index is 0.0503. The molecule has 2 N–H and O–H groups in total. The molecule has 4 fully saturated rings. The van der Waals surface area contributed by atoms with Gasteiger partial charge in [-0.3, -0.25) is 39.3 Å². The van der Waals surface area contributed by atoms with Crippen molar-refractivity contribution in [2.24, 2.45) is 16.3 Å². The SMILES string of the molecule is CC/C=N\C(=C/NC1C(C)(C)[C@@H]2Oc3ccc(C#N)c4nccc(c34)C12C)N1CCC(CN2CCN(c3ccc4c(c3)C(=O)N(C3CCC(=O)NC3=O)C4=O)C[C@@H]2C)CC1. The van der Waals surface area contributed by atoms with Gasteiger partial charge in [-0.05, 0) is 87.4 Å². The molecule has 60 heavy (non-hydrogen) atoms. The maximum absolute atomic E-state index is 13.5. The second-order valence-corrected chi connectivity index (χ2v) is 18.1. The molecule has 2 aromatic carbocycles. The van der Waals surface area contributed by atoms with Crippen LogP contribution in [-0.2, 0) is 15.0 Å². The molecule has 312 valence electrons. The van der Waals surface area contributed by atoms with Gasteiger partial charge in [0.1, 0.15) is 29.8 Å². The van der Waals surface area contributed by atoms with E-state index in [1.54, 1.807) is 18.2 Å². The van der Waals surface area contributed by atoms with Gasteiger partial charge in [0.2, 0.25) is 11.8 Å². The van der Waals surface area contributed by atoms with E-state index in [0.717, 1.165) is 91.6 Å². The fourth-order valence-corrected chi connectivity index (χ4v) is 11.1. The van der Waals surface area contributed by atoms with Gasteiger partial charge in [-0.2, -0.15) is 5.26 Å². The van der Waals surface area contributed by atoms with E-state index >= 15 is 0 Å². The summed E-state index contributed by atoms with van der Waals surface area (Å²) < 4.78 is 6.70. The molecule has 5 aliphatic heterocycles. The molecule has 3 unspecified atom stereocenters. The molecule has 5 atom stereocenters. The Morgan fingerprint density at radius 3 is 2.55 bits per heavy atom. The number of carbonyl (C=O) groups is 4.